The minimum absolute atomic E-state index is 0.0817. The average molecular weight is 492 g/mol. The Bertz CT molecular complexity index is 1540. The van der Waals surface area contributed by atoms with E-state index < -0.39 is 23.5 Å². The highest BCUT2D eigenvalue weighted by Gasteiger charge is 2.46. The second kappa shape index (κ2) is 8.41. The summed E-state index contributed by atoms with van der Waals surface area (Å²) in [6.07, 6.45) is 0. The molecule has 1 amide bonds. The van der Waals surface area contributed by atoms with Gasteiger partial charge in [0.05, 0.1) is 24.4 Å². The van der Waals surface area contributed by atoms with Gasteiger partial charge in [-0.1, -0.05) is 35.9 Å². The van der Waals surface area contributed by atoms with Crippen LogP contribution in [0.5, 0.6) is 17.2 Å². The summed E-state index contributed by atoms with van der Waals surface area (Å²) in [6, 6.07) is 15.4. The number of amides is 1. The van der Waals surface area contributed by atoms with Gasteiger partial charge in [0.25, 0.3) is 5.91 Å². The lowest BCUT2D eigenvalue weighted by Gasteiger charge is -2.27. The third-order valence-corrected chi connectivity index (χ3v) is 5.99. The third-order valence-electron chi connectivity index (χ3n) is 5.77. The Labute approximate surface area is 203 Å². The van der Waals surface area contributed by atoms with Gasteiger partial charge >= 0.3 is 0 Å². The maximum Gasteiger partial charge on any atom is 0.294 e. The second-order valence-corrected chi connectivity index (χ2v) is 8.33. The van der Waals surface area contributed by atoms with Gasteiger partial charge in [-0.2, -0.15) is 0 Å². The van der Waals surface area contributed by atoms with Crippen LogP contribution < -0.4 is 9.64 Å². The van der Waals surface area contributed by atoms with Crippen LogP contribution in [0.25, 0.3) is 11.0 Å². The highest BCUT2D eigenvalue weighted by molar-refractivity contribution is 6.31. The van der Waals surface area contributed by atoms with E-state index in [9.17, 15) is 24.9 Å². The maximum absolute atomic E-state index is 13.7. The van der Waals surface area contributed by atoms with Crippen molar-refractivity contribution >= 4 is 39.9 Å². The van der Waals surface area contributed by atoms with E-state index in [1.165, 1.54) is 43.5 Å². The fraction of sp³-hybridized carbons (Fsp3) is 0.0769. The molecule has 1 aromatic heterocycles. The van der Waals surface area contributed by atoms with Crippen LogP contribution in [0.3, 0.4) is 0 Å². The molecule has 3 aromatic carbocycles. The van der Waals surface area contributed by atoms with Gasteiger partial charge in [-0.15, -0.1) is 0 Å². The quantitative estimate of drug-likeness (QED) is 0.324. The van der Waals surface area contributed by atoms with Crippen molar-refractivity contribution in [2.45, 2.75) is 6.04 Å². The largest absolute Gasteiger partial charge is 0.508 e. The Morgan fingerprint density at radius 3 is 2.51 bits per heavy atom. The first-order valence-electron chi connectivity index (χ1n) is 10.5. The molecule has 9 heteroatoms. The number of phenolic OH excluding ortho intramolecular Hbond substituents is 2. The number of halogens is 1. The Morgan fingerprint density at radius 1 is 1.03 bits per heavy atom. The lowest BCUT2D eigenvalue weighted by atomic mass is 9.94. The Hall–Kier alpha value is -4.43. The van der Waals surface area contributed by atoms with Crippen molar-refractivity contribution in [1.29, 1.82) is 0 Å². The highest BCUT2D eigenvalue weighted by Crippen LogP contribution is 2.45. The molecule has 0 bridgehead atoms. The van der Waals surface area contributed by atoms with Crippen molar-refractivity contribution in [1.82, 2.24) is 0 Å². The number of furan rings is 1. The van der Waals surface area contributed by atoms with Crippen LogP contribution in [0.15, 0.2) is 82.5 Å². The topological polar surface area (TPSA) is 120 Å². The number of carbonyl (C=O) groups excluding carboxylic acids is 2. The molecule has 1 aliphatic rings. The molecule has 1 unspecified atom stereocenters. The van der Waals surface area contributed by atoms with E-state index in [0.29, 0.717) is 21.7 Å². The van der Waals surface area contributed by atoms with Gasteiger partial charge in [0, 0.05) is 16.5 Å². The number of carbonyl (C=O) groups is 2. The molecule has 0 saturated carbocycles. The van der Waals surface area contributed by atoms with Gasteiger partial charge in [0.15, 0.2) is 22.9 Å². The normalized spacial score (nSPS) is 15.8. The van der Waals surface area contributed by atoms with Gasteiger partial charge in [-0.25, -0.2) is 0 Å². The zero-order valence-electron chi connectivity index (χ0n) is 18.2. The first-order valence-corrected chi connectivity index (χ1v) is 10.8. The Balaban J connectivity index is 1.69. The SMILES string of the molecule is COc1cc(Cl)cc2cc(C(=O)C3=C(O)C(=O)N(c4ccccc4O)C3c3cccc(O)c3)oc12. The lowest BCUT2D eigenvalue weighted by Crippen LogP contribution is -2.31. The minimum atomic E-state index is -1.16. The van der Waals surface area contributed by atoms with Gasteiger partial charge in [0.1, 0.15) is 11.5 Å². The third kappa shape index (κ3) is 3.64. The fourth-order valence-electron chi connectivity index (χ4n) is 4.25. The van der Waals surface area contributed by atoms with Crippen LogP contribution in [0, 0.1) is 0 Å². The molecule has 4 aromatic rings. The number of Topliss-reactive ketones (excluding diaryl/α,β-unsaturated/α-hetero) is 1. The summed E-state index contributed by atoms with van der Waals surface area (Å²) >= 11 is 6.13. The summed E-state index contributed by atoms with van der Waals surface area (Å²) in [7, 11) is 1.43. The molecule has 0 aliphatic carbocycles. The number of ether oxygens (including phenoxy) is 1. The minimum Gasteiger partial charge on any atom is -0.508 e. The van der Waals surface area contributed by atoms with E-state index in [1.807, 2.05) is 0 Å². The summed E-state index contributed by atoms with van der Waals surface area (Å²) in [5, 5.41) is 32.3. The molecule has 0 radical (unpaired) electrons. The molecule has 2 heterocycles. The molecule has 3 N–H and O–H groups in total. The summed E-state index contributed by atoms with van der Waals surface area (Å²) in [5.41, 5.74) is 0.424. The van der Waals surface area contributed by atoms with Crippen molar-refractivity contribution < 1.29 is 34.1 Å². The van der Waals surface area contributed by atoms with Gasteiger partial charge < -0.3 is 24.5 Å². The zero-order chi connectivity index (χ0) is 24.9. The number of para-hydroxylation sites is 2. The van der Waals surface area contributed by atoms with Gasteiger partial charge in [-0.05, 0) is 42.0 Å². The molecular weight excluding hydrogens is 474 g/mol. The number of hydrogen-bond acceptors (Lipinski definition) is 7. The average Bonchev–Trinajstić information content (AvgIpc) is 3.37. The summed E-state index contributed by atoms with van der Waals surface area (Å²) < 4.78 is 11.1. The van der Waals surface area contributed by atoms with Crippen LogP contribution >= 0.6 is 11.6 Å². The molecule has 176 valence electrons. The van der Waals surface area contributed by atoms with Crippen LogP contribution in [0.2, 0.25) is 5.02 Å². The number of aromatic hydroxyl groups is 2. The number of anilines is 1. The molecule has 8 nitrogen and oxygen atoms in total. The predicted octanol–water partition coefficient (Wildman–Crippen LogP) is 5.29. The van der Waals surface area contributed by atoms with E-state index in [0.717, 1.165) is 4.90 Å². The molecular formula is C26H18ClNO7. The highest BCUT2D eigenvalue weighted by atomic mass is 35.5. The molecule has 0 spiro atoms. The predicted molar refractivity (Wildman–Crippen MR) is 128 cm³/mol. The number of benzene rings is 3. The Morgan fingerprint density at radius 2 is 1.80 bits per heavy atom. The lowest BCUT2D eigenvalue weighted by molar-refractivity contribution is -0.117. The van der Waals surface area contributed by atoms with Crippen LogP contribution in [0.1, 0.15) is 22.2 Å². The molecule has 5 rings (SSSR count). The molecule has 1 aliphatic heterocycles. The van der Waals surface area contributed by atoms with Crippen LogP contribution in [0.4, 0.5) is 5.69 Å². The van der Waals surface area contributed by atoms with E-state index >= 15 is 0 Å². The summed E-state index contributed by atoms with van der Waals surface area (Å²) in [6.45, 7) is 0. The van der Waals surface area contributed by atoms with Crippen molar-refractivity contribution in [2.75, 3.05) is 12.0 Å². The molecule has 0 saturated heterocycles. The van der Waals surface area contributed by atoms with E-state index in [2.05, 4.69) is 0 Å². The number of phenols is 2. The van der Waals surface area contributed by atoms with Crippen LogP contribution in [-0.2, 0) is 4.79 Å². The number of methoxy groups -OCH3 is 1. The zero-order valence-corrected chi connectivity index (χ0v) is 19.0. The number of rotatable bonds is 5. The van der Waals surface area contributed by atoms with Crippen molar-refractivity contribution in [3.63, 3.8) is 0 Å². The number of ketones is 1. The van der Waals surface area contributed by atoms with Crippen molar-refractivity contribution in [2.24, 2.45) is 0 Å². The van der Waals surface area contributed by atoms with Crippen LogP contribution in [-0.4, -0.2) is 34.1 Å². The summed E-state index contributed by atoms with van der Waals surface area (Å²) in [5.74, 6) is -2.61. The standard InChI is InChI=1S/C26H18ClNO7/c1-34-20-12-15(27)9-14-11-19(35-25(14)20)23(31)21-22(13-5-4-6-16(29)10-13)28(26(33)24(21)32)17-7-2-3-8-18(17)30/h2-12,22,29-30,32H,1H3. The summed E-state index contributed by atoms with van der Waals surface area (Å²) in [4.78, 5) is 28.0. The monoisotopic (exact) mass is 491 g/mol. The first kappa shape index (κ1) is 22.4. The number of hydrogen-bond donors (Lipinski definition) is 3. The van der Waals surface area contributed by atoms with Crippen molar-refractivity contribution in [3.8, 4) is 17.2 Å². The second-order valence-electron chi connectivity index (χ2n) is 7.89. The van der Waals surface area contributed by atoms with Crippen molar-refractivity contribution in [3.05, 3.63) is 94.4 Å². The maximum atomic E-state index is 13.7. The number of fused-ring (bicyclic) bond motifs is 1. The molecule has 35 heavy (non-hydrogen) atoms. The van der Waals surface area contributed by atoms with E-state index in [1.54, 1.807) is 30.3 Å². The fourth-order valence-corrected chi connectivity index (χ4v) is 4.46. The van der Waals surface area contributed by atoms with E-state index in [4.69, 9.17) is 20.8 Å². The first-order chi connectivity index (χ1) is 16.8. The Kier molecular flexibility index (Phi) is 5.37. The number of aliphatic hydroxyl groups excluding tert-OH is 1. The van der Waals surface area contributed by atoms with Gasteiger partial charge in [0.2, 0.25) is 5.78 Å². The smallest absolute Gasteiger partial charge is 0.294 e. The van der Waals surface area contributed by atoms with E-state index in [-0.39, 0.29) is 34.1 Å². The number of nitrogens with zero attached hydrogens (tertiary/aromatic N) is 1. The number of aliphatic hydroxyl groups is 1. The van der Waals surface area contributed by atoms with Gasteiger partial charge in [-0.3, -0.25) is 14.5 Å². The molecule has 1 atom stereocenters. The molecule has 0 fully saturated rings.